The van der Waals surface area contributed by atoms with E-state index in [1.165, 1.54) is 0 Å². The van der Waals surface area contributed by atoms with E-state index in [9.17, 15) is 17.2 Å². The molecule has 0 unspecified atom stereocenters. The van der Waals surface area contributed by atoms with Gasteiger partial charge in [0, 0.05) is 7.05 Å². The van der Waals surface area contributed by atoms with E-state index < -0.39 is 33.2 Å². The lowest BCUT2D eigenvalue weighted by Crippen LogP contribution is -2.28. The van der Waals surface area contributed by atoms with Crippen molar-refractivity contribution in [3.63, 3.8) is 0 Å². The maximum Gasteiger partial charge on any atom is 0.246 e. The van der Waals surface area contributed by atoms with Gasteiger partial charge in [-0.1, -0.05) is 5.92 Å². The van der Waals surface area contributed by atoms with Crippen molar-refractivity contribution in [2.75, 3.05) is 13.6 Å². The number of hydrogen-bond donors (Lipinski definition) is 1. The summed E-state index contributed by atoms with van der Waals surface area (Å²) in [5.41, 5.74) is -0.0402. The molecule has 0 atom stereocenters. The Balaban J connectivity index is 3.41. The van der Waals surface area contributed by atoms with E-state index in [-0.39, 0.29) is 12.1 Å². The molecule has 0 heterocycles. The first-order chi connectivity index (χ1) is 8.34. The molecule has 0 saturated carbocycles. The van der Waals surface area contributed by atoms with E-state index in [1.807, 2.05) is 0 Å². The minimum absolute atomic E-state index is 0.0402. The number of nitrogens with zero attached hydrogens (tertiary/aromatic N) is 1. The molecule has 0 aromatic heterocycles. The molecule has 1 N–H and O–H groups in total. The van der Waals surface area contributed by atoms with Crippen LogP contribution in [-0.2, 0) is 16.6 Å². The minimum Gasteiger partial charge on any atom is -0.392 e. The Morgan fingerprint density at radius 3 is 2.56 bits per heavy atom. The third-order valence-corrected chi connectivity index (χ3v) is 4.04. The largest absolute Gasteiger partial charge is 0.392 e. The molecule has 0 radical (unpaired) electrons. The van der Waals surface area contributed by atoms with Crippen molar-refractivity contribution >= 4 is 10.0 Å². The molecule has 98 valence electrons. The van der Waals surface area contributed by atoms with Crippen LogP contribution in [0.4, 0.5) is 8.78 Å². The van der Waals surface area contributed by atoms with Gasteiger partial charge in [-0.15, -0.1) is 6.42 Å². The van der Waals surface area contributed by atoms with Gasteiger partial charge in [-0.2, -0.15) is 4.31 Å². The molecule has 4 nitrogen and oxygen atoms in total. The monoisotopic (exact) mass is 275 g/mol. The van der Waals surface area contributed by atoms with E-state index in [4.69, 9.17) is 11.5 Å². The number of terminal acetylenes is 1. The van der Waals surface area contributed by atoms with Gasteiger partial charge in [0.2, 0.25) is 10.0 Å². The van der Waals surface area contributed by atoms with Gasteiger partial charge in [-0.3, -0.25) is 0 Å². The van der Waals surface area contributed by atoms with Crippen LogP contribution in [0.15, 0.2) is 17.0 Å². The number of benzene rings is 1. The lowest BCUT2D eigenvalue weighted by molar-refractivity contribution is 0.280. The molecule has 1 rings (SSSR count). The fourth-order valence-electron chi connectivity index (χ4n) is 1.28. The summed E-state index contributed by atoms with van der Waals surface area (Å²) >= 11 is 0. The van der Waals surface area contributed by atoms with Crippen molar-refractivity contribution < 1.29 is 22.3 Å². The smallest absolute Gasteiger partial charge is 0.246 e. The number of hydrogen-bond acceptors (Lipinski definition) is 3. The van der Waals surface area contributed by atoms with Crippen LogP contribution in [0.5, 0.6) is 0 Å². The van der Waals surface area contributed by atoms with Crippen LogP contribution >= 0.6 is 0 Å². The Bertz CT molecular complexity index is 593. The zero-order valence-corrected chi connectivity index (χ0v) is 10.3. The van der Waals surface area contributed by atoms with Crippen LogP contribution < -0.4 is 0 Å². The highest BCUT2D eigenvalue weighted by Crippen LogP contribution is 2.22. The highest BCUT2D eigenvalue weighted by molar-refractivity contribution is 7.89. The predicted molar refractivity (Wildman–Crippen MR) is 60.9 cm³/mol. The first-order valence-electron chi connectivity index (χ1n) is 4.83. The summed E-state index contributed by atoms with van der Waals surface area (Å²) in [6, 6.07) is 1.61. The summed E-state index contributed by atoms with van der Waals surface area (Å²) in [5, 5.41) is 8.86. The third-order valence-electron chi connectivity index (χ3n) is 2.24. The van der Waals surface area contributed by atoms with Gasteiger partial charge in [0.15, 0.2) is 11.6 Å². The van der Waals surface area contributed by atoms with Gasteiger partial charge in [0.05, 0.1) is 13.2 Å². The van der Waals surface area contributed by atoms with Crippen molar-refractivity contribution in [2.24, 2.45) is 0 Å². The van der Waals surface area contributed by atoms with Crippen molar-refractivity contribution in [3.05, 3.63) is 29.3 Å². The molecule has 0 aliphatic carbocycles. The van der Waals surface area contributed by atoms with Gasteiger partial charge >= 0.3 is 0 Å². The van der Waals surface area contributed by atoms with Crippen LogP contribution in [-0.4, -0.2) is 31.4 Å². The number of halogens is 2. The minimum atomic E-state index is -4.22. The molecule has 1 aromatic carbocycles. The molecule has 0 saturated heterocycles. The van der Waals surface area contributed by atoms with Crippen molar-refractivity contribution in [3.8, 4) is 12.3 Å². The molecular formula is C11H11F2NO3S. The van der Waals surface area contributed by atoms with E-state index in [2.05, 4.69) is 5.92 Å². The first-order valence-corrected chi connectivity index (χ1v) is 6.27. The topological polar surface area (TPSA) is 57.6 Å². The van der Waals surface area contributed by atoms with Gasteiger partial charge in [-0.25, -0.2) is 17.2 Å². The molecule has 0 bridgehead atoms. The summed E-state index contributed by atoms with van der Waals surface area (Å²) in [6.45, 7) is -0.870. The second-order valence-corrected chi connectivity index (χ2v) is 5.53. The zero-order valence-electron chi connectivity index (χ0n) is 9.52. The lowest BCUT2D eigenvalue weighted by atomic mass is 10.2. The van der Waals surface area contributed by atoms with Gasteiger partial charge in [0.1, 0.15) is 4.90 Å². The predicted octanol–water partition coefficient (Wildman–Crippen LogP) is 0.711. The van der Waals surface area contributed by atoms with E-state index >= 15 is 0 Å². The Labute approximate surface area is 104 Å². The maximum atomic E-state index is 13.5. The summed E-state index contributed by atoms with van der Waals surface area (Å²) in [4.78, 5) is -0.843. The van der Waals surface area contributed by atoms with Gasteiger partial charge in [-0.05, 0) is 17.7 Å². The highest BCUT2D eigenvalue weighted by atomic mass is 32.2. The maximum absolute atomic E-state index is 13.5. The Hall–Kier alpha value is -1.49. The Morgan fingerprint density at radius 2 is 2.06 bits per heavy atom. The number of rotatable bonds is 4. The summed E-state index contributed by atoms with van der Waals surface area (Å²) in [7, 11) is -3.07. The Morgan fingerprint density at radius 1 is 1.44 bits per heavy atom. The fraction of sp³-hybridized carbons (Fsp3) is 0.273. The van der Waals surface area contributed by atoms with Crippen molar-refractivity contribution in [1.29, 1.82) is 0 Å². The van der Waals surface area contributed by atoms with E-state index in [0.717, 1.165) is 19.2 Å². The van der Waals surface area contributed by atoms with Crippen LogP contribution in [0.2, 0.25) is 0 Å². The van der Waals surface area contributed by atoms with Gasteiger partial charge < -0.3 is 5.11 Å². The summed E-state index contributed by atoms with van der Waals surface area (Å²) in [5.74, 6) is -0.741. The molecule has 0 amide bonds. The standard InChI is InChI=1S/C11H11F2NO3S/c1-3-4-14(2)18(16,17)10-6-8(7-15)5-9(12)11(10)13/h1,5-6,15H,4,7H2,2H3. The molecule has 1 aromatic rings. The van der Waals surface area contributed by atoms with Crippen molar-refractivity contribution in [1.82, 2.24) is 4.31 Å². The number of aliphatic hydroxyl groups excluding tert-OH is 1. The average molecular weight is 275 g/mol. The van der Waals surface area contributed by atoms with Crippen LogP contribution in [0.25, 0.3) is 0 Å². The normalized spacial score (nSPS) is 11.6. The number of sulfonamides is 1. The van der Waals surface area contributed by atoms with Gasteiger partial charge in [0.25, 0.3) is 0 Å². The average Bonchev–Trinajstić information content (AvgIpc) is 2.32. The van der Waals surface area contributed by atoms with Crippen LogP contribution in [0, 0.1) is 24.0 Å². The second-order valence-electron chi connectivity index (χ2n) is 3.51. The Kier molecular flexibility index (Phi) is 4.40. The third kappa shape index (κ3) is 2.67. The number of aliphatic hydroxyl groups is 1. The van der Waals surface area contributed by atoms with Crippen LogP contribution in [0.1, 0.15) is 5.56 Å². The first kappa shape index (κ1) is 14.6. The SMILES string of the molecule is C#CCN(C)S(=O)(=O)c1cc(CO)cc(F)c1F. The summed E-state index contributed by atoms with van der Waals surface area (Å²) in [6.07, 6.45) is 4.96. The molecular weight excluding hydrogens is 264 g/mol. The molecule has 0 fully saturated rings. The van der Waals surface area contributed by atoms with E-state index in [0.29, 0.717) is 4.31 Å². The summed E-state index contributed by atoms with van der Waals surface area (Å²) < 4.78 is 51.2. The molecule has 7 heteroatoms. The molecule has 18 heavy (non-hydrogen) atoms. The molecule has 0 spiro atoms. The second kappa shape index (κ2) is 5.44. The zero-order chi connectivity index (χ0) is 13.9. The lowest BCUT2D eigenvalue weighted by Gasteiger charge is -2.15. The molecule has 0 aliphatic rings. The van der Waals surface area contributed by atoms with E-state index in [1.54, 1.807) is 0 Å². The molecule has 0 aliphatic heterocycles. The fourth-order valence-corrected chi connectivity index (χ4v) is 2.48. The van der Waals surface area contributed by atoms with Crippen LogP contribution in [0.3, 0.4) is 0 Å². The highest BCUT2D eigenvalue weighted by Gasteiger charge is 2.26. The quantitative estimate of drug-likeness (QED) is 0.823. The van der Waals surface area contributed by atoms with Crippen molar-refractivity contribution in [2.45, 2.75) is 11.5 Å².